The van der Waals surface area contributed by atoms with E-state index in [2.05, 4.69) is 26.6 Å². The number of amides is 1. The van der Waals surface area contributed by atoms with Crippen LogP contribution in [-0.2, 0) is 4.79 Å². The van der Waals surface area contributed by atoms with Crippen molar-refractivity contribution in [2.45, 2.75) is 19.3 Å². The quantitative estimate of drug-likeness (QED) is 0.900. The van der Waals surface area contributed by atoms with Crippen molar-refractivity contribution in [3.63, 3.8) is 0 Å². The minimum atomic E-state index is 0.120. The first-order valence-corrected chi connectivity index (χ1v) is 6.79. The second-order valence-corrected chi connectivity index (χ2v) is 5.37. The maximum atomic E-state index is 11.8. The summed E-state index contributed by atoms with van der Waals surface area (Å²) in [4.78, 5) is 11.8. The molecule has 0 saturated carbocycles. The van der Waals surface area contributed by atoms with Crippen LogP contribution < -0.4 is 10.6 Å². The molecule has 0 unspecified atom stereocenters. The van der Waals surface area contributed by atoms with Gasteiger partial charge in [-0.2, -0.15) is 0 Å². The van der Waals surface area contributed by atoms with Crippen LogP contribution in [-0.4, -0.2) is 19.0 Å². The molecule has 92 valence electrons. The van der Waals surface area contributed by atoms with Crippen molar-refractivity contribution in [1.29, 1.82) is 0 Å². The molecule has 1 amide bonds. The third-order valence-corrected chi connectivity index (χ3v) is 3.53. The highest BCUT2D eigenvalue weighted by molar-refractivity contribution is 9.10. The van der Waals surface area contributed by atoms with Crippen LogP contribution in [0.1, 0.15) is 19.3 Å². The molecule has 0 aliphatic carbocycles. The largest absolute Gasteiger partial charge is 0.326 e. The molecule has 0 spiro atoms. The van der Waals surface area contributed by atoms with Crippen molar-refractivity contribution in [3.8, 4) is 0 Å². The predicted octanol–water partition coefficient (Wildman–Crippen LogP) is 2.78. The van der Waals surface area contributed by atoms with Crippen LogP contribution in [0.15, 0.2) is 28.7 Å². The molecule has 1 aromatic carbocycles. The number of halogens is 1. The zero-order valence-corrected chi connectivity index (χ0v) is 11.3. The third-order valence-electron chi connectivity index (χ3n) is 3.04. The average molecular weight is 297 g/mol. The summed E-state index contributed by atoms with van der Waals surface area (Å²) < 4.78 is 0.983. The van der Waals surface area contributed by atoms with Crippen LogP contribution in [0.4, 0.5) is 5.69 Å². The van der Waals surface area contributed by atoms with E-state index in [-0.39, 0.29) is 5.91 Å². The molecule has 2 N–H and O–H groups in total. The molecule has 0 radical (unpaired) electrons. The lowest BCUT2D eigenvalue weighted by Crippen LogP contribution is -2.30. The van der Waals surface area contributed by atoms with E-state index in [4.69, 9.17) is 0 Å². The summed E-state index contributed by atoms with van der Waals surface area (Å²) in [5.41, 5.74) is 0.860. The topological polar surface area (TPSA) is 41.1 Å². The molecule has 1 aliphatic heterocycles. The van der Waals surface area contributed by atoms with E-state index in [1.165, 1.54) is 0 Å². The minimum Gasteiger partial charge on any atom is -0.326 e. The zero-order valence-electron chi connectivity index (χ0n) is 9.71. The monoisotopic (exact) mass is 296 g/mol. The van der Waals surface area contributed by atoms with Gasteiger partial charge in [-0.1, -0.05) is 22.0 Å². The molecule has 0 aromatic heterocycles. The van der Waals surface area contributed by atoms with Gasteiger partial charge in [0.1, 0.15) is 0 Å². The molecule has 17 heavy (non-hydrogen) atoms. The van der Waals surface area contributed by atoms with Crippen LogP contribution >= 0.6 is 15.9 Å². The highest BCUT2D eigenvalue weighted by Crippen LogP contribution is 2.19. The molecule has 0 atom stereocenters. The van der Waals surface area contributed by atoms with Gasteiger partial charge in [0.2, 0.25) is 5.91 Å². The van der Waals surface area contributed by atoms with Crippen molar-refractivity contribution >= 4 is 27.5 Å². The average Bonchev–Trinajstić information content (AvgIpc) is 2.30. The van der Waals surface area contributed by atoms with Gasteiger partial charge >= 0.3 is 0 Å². The van der Waals surface area contributed by atoms with Crippen molar-refractivity contribution in [3.05, 3.63) is 28.7 Å². The fourth-order valence-corrected chi connectivity index (χ4v) is 2.53. The smallest absolute Gasteiger partial charge is 0.224 e. The molecular formula is C13H17BrN2O. The molecule has 3 nitrogen and oxygen atoms in total. The Labute approximate surface area is 110 Å². The molecule has 1 aromatic rings. The Morgan fingerprint density at radius 1 is 1.41 bits per heavy atom. The lowest BCUT2D eigenvalue weighted by molar-refractivity contribution is -0.117. The van der Waals surface area contributed by atoms with Crippen LogP contribution in [0.3, 0.4) is 0 Å². The first kappa shape index (κ1) is 12.6. The van der Waals surface area contributed by atoms with E-state index < -0.39 is 0 Å². The number of rotatable bonds is 3. The summed E-state index contributed by atoms with van der Waals surface area (Å²) in [7, 11) is 0. The molecule has 1 fully saturated rings. The van der Waals surface area contributed by atoms with Crippen molar-refractivity contribution in [2.75, 3.05) is 18.4 Å². The Hall–Kier alpha value is -0.870. The van der Waals surface area contributed by atoms with Gasteiger partial charge in [0.05, 0.1) is 0 Å². The number of hydrogen-bond acceptors (Lipinski definition) is 2. The summed E-state index contributed by atoms with van der Waals surface area (Å²) in [6.45, 7) is 2.07. The normalized spacial score (nSPS) is 16.8. The second kappa shape index (κ2) is 6.17. The molecule has 0 bridgehead atoms. The Balaban J connectivity index is 1.84. The van der Waals surface area contributed by atoms with Gasteiger partial charge in [0.15, 0.2) is 0 Å². The number of anilines is 1. The molecule has 1 heterocycles. The highest BCUT2D eigenvalue weighted by atomic mass is 79.9. The summed E-state index contributed by atoms with van der Waals surface area (Å²) in [6.07, 6.45) is 2.84. The van der Waals surface area contributed by atoms with Gasteiger partial charge in [-0.25, -0.2) is 0 Å². The molecule has 4 heteroatoms. The maximum absolute atomic E-state index is 11.8. The van der Waals surface area contributed by atoms with Gasteiger partial charge < -0.3 is 10.6 Å². The summed E-state index contributed by atoms with van der Waals surface area (Å²) in [6, 6.07) is 7.69. The van der Waals surface area contributed by atoms with Crippen LogP contribution in [0.25, 0.3) is 0 Å². The fourth-order valence-electron chi connectivity index (χ4n) is 2.13. The van der Waals surface area contributed by atoms with Gasteiger partial charge in [0.25, 0.3) is 0 Å². The van der Waals surface area contributed by atoms with Crippen molar-refractivity contribution < 1.29 is 4.79 Å². The maximum Gasteiger partial charge on any atom is 0.224 e. The summed E-state index contributed by atoms with van der Waals surface area (Å²) >= 11 is 3.39. The highest BCUT2D eigenvalue weighted by Gasteiger charge is 2.16. The van der Waals surface area contributed by atoms with E-state index in [0.29, 0.717) is 12.3 Å². The van der Waals surface area contributed by atoms with Crippen LogP contribution in [0.5, 0.6) is 0 Å². The van der Waals surface area contributed by atoms with Crippen LogP contribution in [0, 0.1) is 5.92 Å². The number of benzene rings is 1. The van der Waals surface area contributed by atoms with Gasteiger partial charge in [-0.05, 0) is 50.0 Å². The molecule has 1 saturated heterocycles. The Kier molecular flexibility index (Phi) is 4.57. The van der Waals surface area contributed by atoms with E-state index in [0.717, 1.165) is 36.1 Å². The second-order valence-electron chi connectivity index (χ2n) is 4.46. The lowest BCUT2D eigenvalue weighted by Gasteiger charge is -2.21. The summed E-state index contributed by atoms with van der Waals surface area (Å²) in [5, 5.41) is 6.25. The Morgan fingerprint density at radius 2 is 2.18 bits per heavy atom. The van der Waals surface area contributed by atoms with Crippen molar-refractivity contribution in [1.82, 2.24) is 5.32 Å². The molecule has 1 aliphatic rings. The predicted molar refractivity (Wildman–Crippen MR) is 73.0 cm³/mol. The number of piperidine rings is 1. The Bertz CT molecular complexity index is 389. The molecule has 2 rings (SSSR count). The number of carbonyl (C=O) groups is 1. The third kappa shape index (κ3) is 4.13. The number of hydrogen-bond donors (Lipinski definition) is 2. The fraction of sp³-hybridized carbons (Fsp3) is 0.462. The van der Waals surface area contributed by atoms with Crippen LogP contribution in [0.2, 0.25) is 0 Å². The number of carbonyl (C=O) groups excluding carboxylic acids is 1. The zero-order chi connectivity index (χ0) is 12.1. The van der Waals surface area contributed by atoms with Gasteiger partial charge in [-0.3, -0.25) is 4.79 Å². The van der Waals surface area contributed by atoms with E-state index in [1.54, 1.807) is 0 Å². The minimum absolute atomic E-state index is 0.120. The van der Waals surface area contributed by atoms with Gasteiger partial charge in [-0.15, -0.1) is 0 Å². The Morgan fingerprint density at radius 3 is 2.88 bits per heavy atom. The van der Waals surface area contributed by atoms with Crippen molar-refractivity contribution in [2.24, 2.45) is 5.92 Å². The standard InChI is InChI=1S/C13H17BrN2O/c14-11-2-1-3-12(9-11)16-13(17)8-10-4-6-15-7-5-10/h1-3,9-10,15H,4-8H2,(H,16,17). The number of nitrogens with one attached hydrogen (secondary N) is 2. The summed E-state index contributed by atoms with van der Waals surface area (Å²) in [5.74, 6) is 0.651. The van der Waals surface area contributed by atoms with E-state index in [1.807, 2.05) is 24.3 Å². The first-order chi connectivity index (χ1) is 8.24. The SMILES string of the molecule is O=C(CC1CCNCC1)Nc1cccc(Br)c1. The lowest BCUT2D eigenvalue weighted by atomic mass is 9.94. The van der Waals surface area contributed by atoms with E-state index in [9.17, 15) is 4.79 Å². The van der Waals surface area contributed by atoms with E-state index >= 15 is 0 Å². The van der Waals surface area contributed by atoms with Gasteiger partial charge in [0, 0.05) is 16.6 Å². The first-order valence-electron chi connectivity index (χ1n) is 6.00. The molecular weight excluding hydrogens is 280 g/mol.